The molecule has 164 valence electrons. The number of anilines is 1. The Bertz CT molecular complexity index is 1160. The van der Waals surface area contributed by atoms with Crippen molar-refractivity contribution in [2.24, 2.45) is 0 Å². The fourth-order valence-electron chi connectivity index (χ4n) is 3.64. The fraction of sp³-hybridized carbons (Fsp3) is 0.200. The summed E-state index contributed by atoms with van der Waals surface area (Å²) in [6.45, 7) is 2.43. The Hall–Kier alpha value is -3.87. The van der Waals surface area contributed by atoms with Gasteiger partial charge in [-0.25, -0.2) is 4.39 Å². The predicted octanol–water partition coefficient (Wildman–Crippen LogP) is 4.40. The molecule has 1 atom stereocenters. The van der Waals surface area contributed by atoms with Gasteiger partial charge in [0.1, 0.15) is 17.3 Å². The maximum atomic E-state index is 13.4. The molecule has 1 aliphatic rings. The molecule has 3 aromatic rings. The number of rotatable bonds is 5. The van der Waals surface area contributed by atoms with Crippen molar-refractivity contribution >= 4 is 17.5 Å². The number of benzene rings is 3. The van der Waals surface area contributed by atoms with Gasteiger partial charge in [-0.15, -0.1) is 0 Å². The number of carbonyl (C=O) groups is 2. The van der Waals surface area contributed by atoms with Gasteiger partial charge in [-0.05, 0) is 61.0 Å². The first-order valence-electron chi connectivity index (χ1n) is 10.2. The zero-order valence-corrected chi connectivity index (χ0v) is 17.8. The molecule has 32 heavy (non-hydrogen) atoms. The van der Waals surface area contributed by atoms with Gasteiger partial charge in [0.25, 0.3) is 11.8 Å². The molecular weight excluding hydrogens is 411 g/mol. The highest BCUT2D eigenvalue weighted by atomic mass is 19.1. The summed E-state index contributed by atoms with van der Waals surface area (Å²) in [5, 5.41) is 2.78. The van der Waals surface area contributed by atoms with Crippen LogP contribution < -0.4 is 14.8 Å². The SMILES string of the molecule is COc1cccc(CN2Cc3cc(NC(=O)c4cccc(F)c4)ccc3OC(C)C2=O)c1. The number of halogens is 1. The van der Waals surface area contributed by atoms with Crippen molar-refractivity contribution in [2.45, 2.75) is 26.1 Å². The normalized spacial score (nSPS) is 15.4. The molecule has 6 nitrogen and oxygen atoms in total. The molecule has 0 aliphatic carbocycles. The summed E-state index contributed by atoms with van der Waals surface area (Å²) >= 11 is 0. The molecule has 0 radical (unpaired) electrons. The van der Waals surface area contributed by atoms with Gasteiger partial charge in [0.15, 0.2) is 6.10 Å². The molecule has 0 fully saturated rings. The molecule has 0 spiro atoms. The van der Waals surface area contributed by atoms with Gasteiger partial charge in [0.2, 0.25) is 0 Å². The van der Waals surface area contributed by atoms with Crippen LogP contribution in [0.3, 0.4) is 0 Å². The van der Waals surface area contributed by atoms with Crippen LogP contribution in [0.1, 0.15) is 28.4 Å². The molecule has 0 saturated carbocycles. The predicted molar refractivity (Wildman–Crippen MR) is 118 cm³/mol. The van der Waals surface area contributed by atoms with Crippen molar-refractivity contribution in [3.8, 4) is 11.5 Å². The van der Waals surface area contributed by atoms with Crippen LogP contribution in [0.15, 0.2) is 66.7 Å². The van der Waals surface area contributed by atoms with Crippen LogP contribution >= 0.6 is 0 Å². The molecule has 7 heteroatoms. The summed E-state index contributed by atoms with van der Waals surface area (Å²) in [4.78, 5) is 27.1. The van der Waals surface area contributed by atoms with E-state index in [-0.39, 0.29) is 11.5 Å². The van der Waals surface area contributed by atoms with Gasteiger partial charge in [-0.3, -0.25) is 9.59 Å². The quantitative estimate of drug-likeness (QED) is 0.647. The van der Waals surface area contributed by atoms with Crippen LogP contribution in [0.5, 0.6) is 11.5 Å². The van der Waals surface area contributed by atoms with Gasteiger partial charge in [-0.1, -0.05) is 18.2 Å². The Morgan fingerprint density at radius 3 is 2.75 bits per heavy atom. The number of hydrogen-bond acceptors (Lipinski definition) is 4. The lowest BCUT2D eigenvalue weighted by Crippen LogP contribution is -2.37. The number of fused-ring (bicyclic) bond motifs is 1. The minimum absolute atomic E-state index is 0.130. The summed E-state index contributed by atoms with van der Waals surface area (Å²) in [5.74, 6) is 0.277. The third-order valence-electron chi connectivity index (χ3n) is 5.24. The van der Waals surface area contributed by atoms with E-state index in [0.717, 1.165) is 16.9 Å². The molecule has 1 N–H and O–H groups in total. The summed E-state index contributed by atoms with van der Waals surface area (Å²) in [6, 6.07) is 18.2. The molecule has 0 bridgehead atoms. The maximum absolute atomic E-state index is 13.4. The van der Waals surface area contributed by atoms with Crippen LogP contribution in [0, 0.1) is 5.82 Å². The molecule has 0 aromatic heterocycles. The largest absolute Gasteiger partial charge is 0.497 e. The Morgan fingerprint density at radius 1 is 1.16 bits per heavy atom. The molecule has 1 unspecified atom stereocenters. The van der Waals surface area contributed by atoms with Crippen molar-refractivity contribution in [1.29, 1.82) is 0 Å². The number of nitrogens with zero attached hydrogens (tertiary/aromatic N) is 1. The third kappa shape index (κ3) is 4.72. The van der Waals surface area contributed by atoms with E-state index in [9.17, 15) is 14.0 Å². The zero-order chi connectivity index (χ0) is 22.7. The molecule has 4 rings (SSSR count). The number of hydrogen-bond donors (Lipinski definition) is 1. The molecule has 3 aromatic carbocycles. The van der Waals surface area contributed by atoms with Gasteiger partial charge in [0.05, 0.1) is 7.11 Å². The number of nitrogens with one attached hydrogen (secondary N) is 1. The van der Waals surface area contributed by atoms with Crippen molar-refractivity contribution in [3.63, 3.8) is 0 Å². The molecular formula is C25H23FN2O4. The van der Waals surface area contributed by atoms with E-state index < -0.39 is 17.8 Å². The van der Waals surface area contributed by atoms with Gasteiger partial charge in [-0.2, -0.15) is 0 Å². The second-order valence-corrected chi connectivity index (χ2v) is 7.59. The Labute approximate surface area is 185 Å². The van der Waals surface area contributed by atoms with Gasteiger partial charge >= 0.3 is 0 Å². The van der Waals surface area contributed by atoms with Crippen LogP contribution in [0.25, 0.3) is 0 Å². The summed E-state index contributed by atoms with van der Waals surface area (Å²) < 4.78 is 24.6. The first-order valence-corrected chi connectivity index (χ1v) is 10.2. The van der Waals surface area contributed by atoms with Crippen molar-refractivity contribution in [2.75, 3.05) is 12.4 Å². The van der Waals surface area contributed by atoms with E-state index in [0.29, 0.717) is 24.5 Å². The Balaban J connectivity index is 1.57. The lowest BCUT2D eigenvalue weighted by Gasteiger charge is -2.22. The van der Waals surface area contributed by atoms with Crippen LogP contribution in [0.2, 0.25) is 0 Å². The summed E-state index contributed by atoms with van der Waals surface area (Å²) in [7, 11) is 1.60. The topological polar surface area (TPSA) is 67.9 Å². The average molecular weight is 434 g/mol. The van der Waals surface area contributed by atoms with Crippen LogP contribution in [0.4, 0.5) is 10.1 Å². The molecule has 0 saturated heterocycles. The van der Waals surface area contributed by atoms with E-state index >= 15 is 0 Å². The number of methoxy groups -OCH3 is 1. The van der Waals surface area contributed by atoms with Crippen molar-refractivity contribution in [1.82, 2.24) is 4.90 Å². The zero-order valence-electron chi connectivity index (χ0n) is 17.8. The molecule has 2 amide bonds. The van der Waals surface area contributed by atoms with E-state index in [1.165, 1.54) is 18.2 Å². The van der Waals surface area contributed by atoms with Gasteiger partial charge in [0, 0.05) is 29.9 Å². The first-order chi connectivity index (χ1) is 15.4. The maximum Gasteiger partial charge on any atom is 0.263 e. The summed E-state index contributed by atoms with van der Waals surface area (Å²) in [6.07, 6.45) is -0.644. The van der Waals surface area contributed by atoms with E-state index in [2.05, 4.69) is 5.32 Å². The van der Waals surface area contributed by atoms with Gasteiger partial charge < -0.3 is 19.7 Å². The fourth-order valence-corrected chi connectivity index (χ4v) is 3.64. The molecule has 1 heterocycles. The summed E-state index contributed by atoms with van der Waals surface area (Å²) in [5.41, 5.74) is 2.45. The second-order valence-electron chi connectivity index (χ2n) is 7.59. The third-order valence-corrected chi connectivity index (χ3v) is 5.24. The van der Waals surface area contributed by atoms with E-state index in [1.807, 2.05) is 24.3 Å². The van der Waals surface area contributed by atoms with E-state index in [4.69, 9.17) is 9.47 Å². The van der Waals surface area contributed by atoms with Crippen LogP contribution in [-0.2, 0) is 17.9 Å². The highest BCUT2D eigenvalue weighted by molar-refractivity contribution is 6.04. The highest BCUT2D eigenvalue weighted by Crippen LogP contribution is 2.30. The number of ether oxygens (including phenoxy) is 2. The Kier molecular flexibility index (Phi) is 6.07. The minimum atomic E-state index is -0.644. The monoisotopic (exact) mass is 434 g/mol. The smallest absolute Gasteiger partial charge is 0.263 e. The van der Waals surface area contributed by atoms with Crippen molar-refractivity contribution in [3.05, 3.63) is 89.2 Å². The Morgan fingerprint density at radius 2 is 1.97 bits per heavy atom. The second kappa shape index (κ2) is 9.09. The minimum Gasteiger partial charge on any atom is -0.497 e. The number of amides is 2. The van der Waals surface area contributed by atoms with Crippen molar-refractivity contribution < 1.29 is 23.5 Å². The lowest BCUT2D eigenvalue weighted by atomic mass is 10.1. The lowest BCUT2D eigenvalue weighted by molar-refractivity contribution is -0.138. The van der Waals surface area contributed by atoms with E-state index in [1.54, 1.807) is 43.2 Å². The highest BCUT2D eigenvalue weighted by Gasteiger charge is 2.28. The molecule has 1 aliphatic heterocycles. The number of carbonyl (C=O) groups excluding carboxylic acids is 2. The van der Waals surface area contributed by atoms with Crippen LogP contribution in [-0.4, -0.2) is 29.9 Å². The average Bonchev–Trinajstić information content (AvgIpc) is 2.90. The standard InChI is InChI=1S/C25H23FN2O4/c1-16-25(30)28(14-17-5-3-8-22(11-17)31-2)15-19-13-21(9-10-23(19)32-16)27-24(29)18-6-4-7-20(26)12-18/h3-13,16H,14-15H2,1-2H3,(H,27,29). The first kappa shape index (κ1) is 21.4.